The zero-order chi connectivity index (χ0) is 21.7. The molecule has 1 aromatic carbocycles. The number of benzene rings is 1. The molecule has 0 bridgehead atoms. The van der Waals surface area contributed by atoms with Gasteiger partial charge in [-0.1, -0.05) is 23.9 Å². The SMILES string of the molecule is CSc1nc2ccccc2n1Cc1sc2c(c1C(=O)O)c(=O)n(C)c(=O)n2C(C)C. The van der Waals surface area contributed by atoms with E-state index >= 15 is 0 Å². The first-order valence-corrected chi connectivity index (χ1v) is 11.3. The van der Waals surface area contributed by atoms with Gasteiger partial charge in [-0.15, -0.1) is 11.3 Å². The summed E-state index contributed by atoms with van der Waals surface area (Å²) in [6.07, 6.45) is 1.91. The molecule has 0 aliphatic rings. The molecule has 156 valence electrons. The topological polar surface area (TPSA) is 99.1 Å². The molecule has 0 fully saturated rings. The second-order valence-corrected chi connectivity index (χ2v) is 9.03. The van der Waals surface area contributed by atoms with Crippen LogP contribution in [0.3, 0.4) is 0 Å². The van der Waals surface area contributed by atoms with Gasteiger partial charge in [0.15, 0.2) is 5.16 Å². The molecule has 3 heterocycles. The molecule has 0 unspecified atom stereocenters. The van der Waals surface area contributed by atoms with Gasteiger partial charge < -0.3 is 9.67 Å². The molecule has 0 saturated carbocycles. The van der Waals surface area contributed by atoms with Crippen molar-refractivity contribution in [2.75, 3.05) is 6.26 Å². The predicted molar refractivity (Wildman–Crippen MR) is 119 cm³/mol. The minimum Gasteiger partial charge on any atom is -0.478 e. The molecule has 0 spiro atoms. The van der Waals surface area contributed by atoms with Gasteiger partial charge >= 0.3 is 11.7 Å². The van der Waals surface area contributed by atoms with Crippen LogP contribution in [-0.2, 0) is 13.6 Å². The molecule has 4 aromatic rings. The lowest BCUT2D eigenvalue weighted by molar-refractivity contribution is 0.0698. The van der Waals surface area contributed by atoms with E-state index < -0.39 is 17.2 Å². The number of thioether (sulfide) groups is 1. The summed E-state index contributed by atoms with van der Waals surface area (Å²) >= 11 is 2.65. The number of fused-ring (bicyclic) bond motifs is 2. The van der Waals surface area contributed by atoms with Crippen LogP contribution in [-0.4, -0.2) is 36.0 Å². The van der Waals surface area contributed by atoms with E-state index in [0.29, 0.717) is 9.71 Å². The summed E-state index contributed by atoms with van der Waals surface area (Å²) in [7, 11) is 1.38. The average Bonchev–Trinajstić information content (AvgIpc) is 3.25. The molecule has 4 rings (SSSR count). The van der Waals surface area contributed by atoms with Gasteiger partial charge in [0.25, 0.3) is 5.56 Å². The van der Waals surface area contributed by atoms with Crippen molar-refractivity contribution in [3.63, 3.8) is 0 Å². The normalized spacial score (nSPS) is 11.8. The maximum Gasteiger partial charge on any atom is 0.337 e. The Labute approximate surface area is 179 Å². The Balaban J connectivity index is 2.06. The summed E-state index contributed by atoms with van der Waals surface area (Å²) in [5.74, 6) is -1.18. The molecule has 1 N–H and O–H groups in total. The Morgan fingerprint density at radius 1 is 1.27 bits per heavy atom. The number of para-hydroxylation sites is 2. The summed E-state index contributed by atoms with van der Waals surface area (Å²) in [6, 6.07) is 7.41. The molecule has 0 radical (unpaired) electrons. The highest BCUT2D eigenvalue weighted by atomic mass is 32.2. The van der Waals surface area contributed by atoms with Crippen molar-refractivity contribution in [3.05, 3.63) is 55.5 Å². The van der Waals surface area contributed by atoms with Crippen molar-refractivity contribution >= 4 is 50.3 Å². The summed E-state index contributed by atoms with van der Waals surface area (Å²) in [5, 5.41) is 10.8. The van der Waals surface area contributed by atoms with Gasteiger partial charge in [-0.05, 0) is 32.2 Å². The second-order valence-electron chi connectivity index (χ2n) is 7.17. The minimum atomic E-state index is -1.18. The molecule has 3 aromatic heterocycles. The number of hydrogen-bond donors (Lipinski definition) is 1. The van der Waals surface area contributed by atoms with Crippen LogP contribution in [0.25, 0.3) is 21.3 Å². The Morgan fingerprint density at radius 2 is 1.97 bits per heavy atom. The number of aromatic carboxylic acids is 1. The number of hydrogen-bond acceptors (Lipinski definition) is 6. The first kappa shape index (κ1) is 20.4. The molecule has 8 nitrogen and oxygen atoms in total. The number of thiophene rings is 1. The predicted octanol–water partition coefficient (Wildman–Crippen LogP) is 3.16. The zero-order valence-corrected chi connectivity index (χ0v) is 18.5. The van der Waals surface area contributed by atoms with E-state index in [1.54, 1.807) is 0 Å². The molecule has 0 amide bonds. The van der Waals surface area contributed by atoms with Gasteiger partial charge in [0.2, 0.25) is 0 Å². The largest absolute Gasteiger partial charge is 0.478 e. The highest BCUT2D eigenvalue weighted by molar-refractivity contribution is 7.98. The molecule has 0 aliphatic heterocycles. The Kier molecular flexibility index (Phi) is 5.07. The standard InChI is InChI=1S/C20H20N4O4S2/c1-10(2)24-17-15(16(25)22(3)20(24)28)14(18(26)27)13(30-17)9-23-12-8-6-5-7-11(12)21-19(23)29-4/h5-8,10H,9H2,1-4H3,(H,26,27). The highest BCUT2D eigenvalue weighted by Crippen LogP contribution is 2.33. The Morgan fingerprint density at radius 3 is 2.60 bits per heavy atom. The van der Waals surface area contributed by atoms with Crippen LogP contribution in [0, 0.1) is 0 Å². The van der Waals surface area contributed by atoms with E-state index in [1.807, 2.05) is 48.9 Å². The summed E-state index contributed by atoms with van der Waals surface area (Å²) in [4.78, 5) is 43.3. The Bertz CT molecular complexity index is 1420. The average molecular weight is 445 g/mol. The molecule has 0 aliphatic carbocycles. The molecule has 30 heavy (non-hydrogen) atoms. The monoisotopic (exact) mass is 444 g/mol. The third-order valence-electron chi connectivity index (χ3n) is 5.03. The first-order chi connectivity index (χ1) is 14.3. The third kappa shape index (κ3) is 2.98. The van der Waals surface area contributed by atoms with Crippen molar-refractivity contribution in [2.45, 2.75) is 31.6 Å². The fourth-order valence-electron chi connectivity index (χ4n) is 3.63. The van der Waals surface area contributed by atoms with Crippen LogP contribution < -0.4 is 11.2 Å². The minimum absolute atomic E-state index is 0.0464. The Hall–Kier alpha value is -2.85. The van der Waals surface area contributed by atoms with Crippen molar-refractivity contribution in [3.8, 4) is 0 Å². The molecular weight excluding hydrogens is 424 g/mol. The van der Waals surface area contributed by atoms with E-state index in [9.17, 15) is 19.5 Å². The number of carboxylic acids is 1. The van der Waals surface area contributed by atoms with Crippen molar-refractivity contribution < 1.29 is 9.90 Å². The van der Waals surface area contributed by atoms with E-state index in [-0.39, 0.29) is 23.5 Å². The van der Waals surface area contributed by atoms with Crippen LogP contribution in [0.1, 0.15) is 35.1 Å². The van der Waals surface area contributed by atoms with Crippen molar-refractivity contribution in [1.29, 1.82) is 0 Å². The van der Waals surface area contributed by atoms with E-state index in [4.69, 9.17) is 0 Å². The lowest BCUT2D eigenvalue weighted by Gasteiger charge is -2.12. The first-order valence-electron chi connectivity index (χ1n) is 9.25. The summed E-state index contributed by atoms with van der Waals surface area (Å²) in [6.45, 7) is 3.91. The lowest BCUT2D eigenvalue weighted by atomic mass is 10.1. The van der Waals surface area contributed by atoms with E-state index in [0.717, 1.165) is 20.8 Å². The van der Waals surface area contributed by atoms with Gasteiger partial charge in [-0.2, -0.15) is 0 Å². The van der Waals surface area contributed by atoms with Crippen LogP contribution in [0.2, 0.25) is 0 Å². The van der Waals surface area contributed by atoms with Gasteiger partial charge in [-0.3, -0.25) is 13.9 Å². The second kappa shape index (κ2) is 7.44. The molecule has 0 atom stereocenters. The fourth-order valence-corrected chi connectivity index (χ4v) is 5.60. The molecule has 10 heteroatoms. The van der Waals surface area contributed by atoms with Crippen LogP contribution in [0.15, 0.2) is 39.0 Å². The van der Waals surface area contributed by atoms with Crippen molar-refractivity contribution in [1.82, 2.24) is 18.7 Å². The molecule has 0 saturated heterocycles. The fraction of sp³-hybridized carbons (Fsp3) is 0.300. The van der Waals surface area contributed by atoms with Gasteiger partial charge in [0, 0.05) is 18.0 Å². The lowest BCUT2D eigenvalue weighted by Crippen LogP contribution is -2.38. The number of imidazole rings is 1. The molecular formula is C20H20N4O4S2. The number of carboxylic acid groups (broad SMARTS) is 1. The number of carbonyl (C=O) groups is 1. The summed E-state index contributed by atoms with van der Waals surface area (Å²) in [5.41, 5.74) is 0.604. The number of rotatable bonds is 5. The van der Waals surface area contributed by atoms with E-state index in [1.165, 1.54) is 34.7 Å². The van der Waals surface area contributed by atoms with Gasteiger partial charge in [0.05, 0.1) is 28.5 Å². The third-order valence-corrected chi connectivity index (χ3v) is 6.88. The number of nitrogens with zero attached hydrogens (tertiary/aromatic N) is 4. The zero-order valence-electron chi connectivity index (χ0n) is 16.9. The maximum absolute atomic E-state index is 12.9. The maximum atomic E-state index is 12.9. The van der Waals surface area contributed by atoms with Gasteiger partial charge in [-0.25, -0.2) is 14.6 Å². The number of aromatic nitrogens is 4. The van der Waals surface area contributed by atoms with Crippen molar-refractivity contribution in [2.24, 2.45) is 7.05 Å². The quantitative estimate of drug-likeness (QED) is 0.475. The highest BCUT2D eigenvalue weighted by Gasteiger charge is 2.26. The smallest absolute Gasteiger partial charge is 0.337 e. The van der Waals surface area contributed by atoms with Crippen LogP contribution in [0.5, 0.6) is 0 Å². The van der Waals surface area contributed by atoms with Crippen LogP contribution in [0.4, 0.5) is 0 Å². The van der Waals surface area contributed by atoms with Gasteiger partial charge in [0.1, 0.15) is 4.83 Å². The van der Waals surface area contributed by atoms with E-state index in [2.05, 4.69) is 4.98 Å². The van der Waals surface area contributed by atoms with Crippen LogP contribution >= 0.6 is 23.1 Å². The summed E-state index contributed by atoms with van der Waals surface area (Å²) < 4.78 is 4.41.